The zero-order valence-corrected chi connectivity index (χ0v) is 12.1. The molecule has 19 heavy (non-hydrogen) atoms. The molecule has 110 valence electrons. The number of hydrogen-bond acceptors (Lipinski definition) is 4. The molecular formula is C14H25NO4. The summed E-state index contributed by atoms with van der Waals surface area (Å²) in [5.74, 6) is -0.764. The maximum absolute atomic E-state index is 11.7. The second-order valence-corrected chi connectivity index (χ2v) is 6.16. The number of Topliss-reactive ketones (excluding diaryl/α,β-unsaturated/α-hetero) is 1. The first-order chi connectivity index (χ1) is 8.75. The standard InChI is InChI=1S/C14H25NO4/c1-4-5-6-7-14(15(18)19)9-8-13(3,17)12(10-14)11(2)16/h12,17H,4-10H2,1-3H3/t12-,13+,14+/m0/s1. The Morgan fingerprint density at radius 3 is 2.53 bits per heavy atom. The van der Waals surface area contributed by atoms with E-state index in [0.717, 1.165) is 19.3 Å². The number of rotatable bonds is 6. The molecule has 0 aliphatic heterocycles. The van der Waals surface area contributed by atoms with Gasteiger partial charge in [-0.3, -0.25) is 14.9 Å². The lowest BCUT2D eigenvalue weighted by Gasteiger charge is -2.42. The zero-order valence-electron chi connectivity index (χ0n) is 12.1. The van der Waals surface area contributed by atoms with E-state index in [1.807, 2.05) is 0 Å². The Kier molecular flexibility index (Phi) is 5.07. The highest BCUT2D eigenvalue weighted by molar-refractivity contribution is 5.79. The van der Waals surface area contributed by atoms with E-state index in [4.69, 9.17) is 0 Å². The van der Waals surface area contributed by atoms with Gasteiger partial charge in [-0.2, -0.15) is 0 Å². The second kappa shape index (κ2) is 5.99. The third-order valence-electron chi connectivity index (χ3n) is 4.55. The van der Waals surface area contributed by atoms with E-state index < -0.39 is 17.1 Å². The molecule has 1 aliphatic carbocycles. The van der Waals surface area contributed by atoms with Crippen LogP contribution in [0, 0.1) is 16.0 Å². The van der Waals surface area contributed by atoms with Crippen LogP contribution in [0.25, 0.3) is 0 Å². The Morgan fingerprint density at radius 1 is 1.42 bits per heavy atom. The highest BCUT2D eigenvalue weighted by Gasteiger charge is 2.54. The van der Waals surface area contributed by atoms with Crippen LogP contribution in [0.15, 0.2) is 0 Å². The summed E-state index contributed by atoms with van der Waals surface area (Å²) < 4.78 is 0. The molecule has 1 fully saturated rings. The maximum atomic E-state index is 11.7. The summed E-state index contributed by atoms with van der Waals surface area (Å²) >= 11 is 0. The van der Waals surface area contributed by atoms with Gasteiger partial charge < -0.3 is 5.11 Å². The molecule has 1 aliphatic rings. The van der Waals surface area contributed by atoms with Gasteiger partial charge in [0.15, 0.2) is 0 Å². The first-order valence-corrected chi connectivity index (χ1v) is 7.12. The molecule has 1 saturated carbocycles. The van der Waals surface area contributed by atoms with Gasteiger partial charge in [-0.1, -0.05) is 19.8 Å². The van der Waals surface area contributed by atoms with E-state index in [-0.39, 0.29) is 17.1 Å². The first-order valence-electron chi connectivity index (χ1n) is 7.12. The molecule has 0 aromatic rings. The maximum Gasteiger partial charge on any atom is 0.223 e. The SMILES string of the molecule is CCCCC[C@@]1([N+](=O)[O-])CC[C@@](C)(O)[C@H](C(C)=O)C1. The summed E-state index contributed by atoms with van der Waals surface area (Å²) in [7, 11) is 0. The van der Waals surface area contributed by atoms with Gasteiger partial charge in [0.05, 0.1) is 11.5 Å². The third-order valence-corrected chi connectivity index (χ3v) is 4.55. The Balaban J connectivity index is 2.89. The number of nitro groups is 1. The van der Waals surface area contributed by atoms with E-state index in [9.17, 15) is 20.0 Å². The largest absolute Gasteiger partial charge is 0.389 e. The molecule has 0 aromatic carbocycles. The number of aliphatic hydroxyl groups is 1. The van der Waals surface area contributed by atoms with Crippen molar-refractivity contribution < 1.29 is 14.8 Å². The van der Waals surface area contributed by atoms with Crippen LogP contribution in [0.1, 0.15) is 65.7 Å². The molecule has 1 N–H and O–H groups in total. The van der Waals surface area contributed by atoms with Crippen molar-refractivity contribution in [3.8, 4) is 0 Å². The Morgan fingerprint density at radius 2 is 2.05 bits per heavy atom. The molecule has 0 aromatic heterocycles. The minimum atomic E-state index is -1.10. The normalized spacial score (nSPS) is 35.1. The Hall–Kier alpha value is -0.970. The highest BCUT2D eigenvalue weighted by atomic mass is 16.6. The topological polar surface area (TPSA) is 80.4 Å². The number of nitrogens with zero attached hydrogens (tertiary/aromatic N) is 1. The lowest BCUT2D eigenvalue weighted by atomic mass is 9.65. The molecule has 0 heterocycles. The average molecular weight is 271 g/mol. The van der Waals surface area contributed by atoms with Gasteiger partial charge in [0.25, 0.3) is 0 Å². The molecule has 3 atom stereocenters. The second-order valence-electron chi connectivity index (χ2n) is 6.16. The summed E-state index contributed by atoms with van der Waals surface area (Å²) in [6, 6.07) is 0. The number of ketones is 1. The molecule has 0 amide bonds. The van der Waals surface area contributed by atoms with Crippen molar-refractivity contribution in [1.29, 1.82) is 0 Å². The monoisotopic (exact) mass is 271 g/mol. The Bertz CT molecular complexity index is 353. The molecule has 0 unspecified atom stereocenters. The average Bonchev–Trinajstić information content (AvgIpc) is 2.30. The van der Waals surface area contributed by atoms with E-state index in [1.54, 1.807) is 6.92 Å². The van der Waals surface area contributed by atoms with Crippen LogP contribution in [0.5, 0.6) is 0 Å². The summed E-state index contributed by atoms with van der Waals surface area (Å²) in [6.07, 6.45) is 4.16. The lowest BCUT2D eigenvalue weighted by Crippen LogP contribution is -2.53. The lowest BCUT2D eigenvalue weighted by molar-refractivity contribution is -0.579. The summed E-state index contributed by atoms with van der Waals surface area (Å²) in [5.41, 5.74) is -2.12. The van der Waals surface area contributed by atoms with Crippen molar-refractivity contribution in [3.05, 3.63) is 10.1 Å². The minimum Gasteiger partial charge on any atom is -0.389 e. The van der Waals surface area contributed by atoms with Crippen molar-refractivity contribution in [3.63, 3.8) is 0 Å². The van der Waals surface area contributed by atoms with Crippen molar-refractivity contribution in [1.82, 2.24) is 0 Å². The molecule has 0 bridgehead atoms. The van der Waals surface area contributed by atoms with Crippen LogP contribution in [0.2, 0.25) is 0 Å². The molecule has 1 rings (SSSR count). The van der Waals surface area contributed by atoms with E-state index in [2.05, 4.69) is 6.92 Å². The van der Waals surface area contributed by atoms with Crippen molar-refractivity contribution in [2.45, 2.75) is 76.9 Å². The molecule has 5 nitrogen and oxygen atoms in total. The fraction of sp³-hybridized carbons (Fsp3) is 0.929. The molecule has 0 spiro atoms. The number of hydrogen-bond donors (Lipinski definition) is 1. The molecule has 0 saturated heterocycles. The highest BCUT2D eigenvalue weighted by Crippen LogP contribution is 2.43. The van der Waals surface area contributed by atoms with Crippen molar-refractivity contribution >= 4 is 5.78 Å². The summed E-state index contributed by atoms with van der Waals surface area (Å²) in [4.78, 5) is 22.9. The van der Waals surface area contributed by atoms with E-state index >= 15 is 0 Å². The van der Waals surface area contributed by atoms with Crippen LogP contribution in [-0.2, 0) is 4.79 Å². The van der Waals surface area contributed by atoms with Crippen molar-refractivity contribution in [2.24, 2.45) is 5.92 Å². The van der Waals surface area contributed by atoms with Crippen LogP contribution in [0.4, 0.5) is 0 Å². The fourth-order valence-electron chi connectivity index (χ4n) is 3.13. The van der Waals surface area contributed by atoms with Gasteiger partial charge >= 0.3 is 0 Å². The van der Waals surface area contributed by atoms with Crippen LogP contribution < -0.4 is 0 Å². The van der Waals surface area contributed by atoms with Gasteiger partial charge in [-0.25, -0.2) is 0 Å². The fourth-order valence-corrected chi connectivity index (χ4v) is 3.13. The quantitative estimate of drug-likeness (QED) is 0.457. The van der Waals surface area contributed by atoms with Gasteiger partial charge in [-0.15, -0.1) is 0 Å². The molecule has 5 heteroatoms. The van der Waals surface area contributed by atoms with Gasteiger partial charge in [0.2, 0.25) is 5.54 Å². The summed E-state index contributed by atoms with van der Waals surface area (Å²) in [6.45, 7) is 5.10. The number of carbonyl (C=O) groups is 1. The minimum absolute atomic E-state index is 0.147. The third kappa shape index (κ3) is 3.53. The zero-order chi connectivity index (χ0) is 14.7. The molecular weight excluding hydrogens is 246 g/mol. The van der Waals surface area contributed by atoms with Crippen LogP contribution >= 0.6 is 0 Å². The first kappa shape index (κ1) is 16.1. The van der Waals surface area contributed by atoms with Crippen LogP contribution in [0.3, 0.4) is 0 Å². The van der Waals surface area contributed by atoms with Gasteiger partial charge in [0, 0.05) is 24.2 Å². The number of unbranched alkanes of at least 4 members (excludes halogenated alkanes) is 2. The Labute approximate surface area is 114 Å². The van der Waals surface area contributed by atoms with E-state index in [0.29, 0.717) is 19.3 Å². The summed E-state index contributed by atoms with van der Waals surface area (Å²) in [5, 5.41) is 21.7. The number of carbonyl (C=O) groups excluding carboxylic acids is 1. The van der Waals surface area contributed by atoms with Crippen molar-refractivity contribution in [2.75, 3.05) is 0 Å². The predicted molar refractivity (Wildman–Crippen MR) is 72.5 cm³/mol. The predicted octanol–water partition coefficient (Wildman–Crippen LogP) is 2.72. The molecule has 0 radical (unpaired) electrons. The smallest absolute Gasteiger partial charge is 0.223 e. The van der Waals surface area contributed by atoms with E-state index in [1.165, 1.54) is 6.92 Å². The van der Waals surface area contributed by atoms with Crippen LogP contribution in [-0.4, -0.2) is 27.0 Å². The van der Waals surface area contributed by atoms with Gasteiger partial charge in [0.1, 0.15) is 5.78 Å². The van der Waals surface area contributed by atoms with Gasteiger partial charge in [-0.05, 0) is 26.7 Å².